The highest BCUT2D eigenvalue weighted by Crippen LogP contribution is 2.34. The summed E-state index contributed by atoms with van der Waals surface area (Å²) in [5.74, 6) is 0. The van der Waals surface area contributed by atoms with Crippen LogP contribution in [0.25, 0.3) is 0 Å². The lowest BCUT2D eigenvalue weighted by molar-refractivity contribution is 0.448. The van der Waals surface area contributed by atoms with Crippen LogP contribution in [0.3, 0.4) is 0 Å². The van der Waals surface area contributed by atoms with Crippen LogP contribution in [0.1, 0.15) is 30.3 Å². The number of rotatable bonds is 5. The number of aromatic nitrogens is 2. The van der Waals surface area contributed by atoms with Crippen LogP contribution in [-0.4, -0.2) is 15.1 Å². The Morgan fingerprint density at radius 2 is 1.95 bits per heavy atom. The molecule has 2 aromatic rings. The van der Waals surface area contributed by atoms with Gasteiger partial charge in [-0.1, -0.05) is 53.2 Å². The highest BCUT2D eigenvalue weighted by atomic mass is 79.9. The van der Waals surface area contributed by atoms with E-state index in [0.717, 1.165) is 23.9 Å². The molecule has 1 unspecified atom stereocenters. The van der Waals surface area contributed by atoms with Gasteiger partial charge in [-0.2, -0.15) is 5.10 Å². The van der Waals surface area contributed by atoms with Crippen LogP contribution in [0.5, 0.6) is 0 Å². The third-order valence-electron chi connectivity index (χ3n) is 3.94. The Bertz CT molecular complexity index is 527. The van der Waals surface area contributed by atoms with Gasteiger partial charge in [-0.3, -0.25) is 4.68 Å². The molecule has 0 saturated carbocycles. The summed E-state index contributed by atoms with van der Waals surface area (Å²) in [7, 11) is 2.03. The van der Waals surface area contributed by atoms with E-state index in [2.05, 4.69) is 64.4 Å². The predicted molar refractivity (Wildman–Crippen MR) is 83.9 cm³/mol. The largest absolute Gasteiger partial charge is 0.272 e. The van der Waals surface area contributed by atoms with Gasteiger partial charge < -0.3 is 0 Å². The highest BCUT2D eigenvalue weighted by molar-refractivity contribution is 9.09. The van der Waals surface area contributed by atoms with Crippen molar-refractivity contribution in [2.75, 3.05) is 5.33 Å². The van der Waals surface area contributed by atoms with E-state index in [4.69, 9.17) is 0 Å². The number of hydrogen-bond donors (Lipinski definition) is 0. The molecule has 0 spiro atoms. The number of hydrogen-bond acceptors (Lipinski definition) is 1. The molecule has 0 saturated heterocycles. The van der Waals surface area contributed by atoms with Gasteiger partial charge in [-0.15, -0.1) is 0 Å². The molecular weight excluding hydrogens is 300 g/mol. The van der Waals surface area contributed by atoms with Crippen molar-refractivity contribution in [1.29, 1.82) is 0 Å². The van der Waals surface area contributed by atoms with E-state index in [1.807, 2.05) is 18.7 Å². The van der Waals surface area contributed by atoms with Crippen molar-refractivity contribution in [3.05, 3.63) is 53.3 Å². The van der Waals surface area contributed by atoms with Crippen molar-refractivity contribution in [2.24, 2.45) is 7.05 Å². The van der Waals surface area contributed by atoms with E-state index < -0.39 is 0 Å². The normalized spacial score (nSPS) is 14.3. The van der Waals surface area contributed by atoms with Crippen molar-refractivity contribution >= 4 is 15.9 Å². The molecule has 2 rings (SSSR count). The molecule has 0 bridgehead atoms. The molecule has 0 aliphatic rings. The zero-order chi connectivity index (χ0) is 13.9. The Balaban J connectivity index is 2.38. The van der Waals surface area contributed by atoms with Gasteiger partial charge in [-0.05, 0) is 31.4 Å². The molecule has 1 atom stereocenters. The summed E-state index contributed by atoms with van der Waals surface area (Å²) in [6, 6.07) is 13.0. The molecular formula is C16H21BrN2. The van der Waals surface area contributed by atoms with Crippen LogP contribution in [0.4, 0.5) is 0 Å². The lowest BCUT2D eigenvalue weighted by Gasteiger charge is -2.31. The summed E-state index contributed by atoms with van der Waals surface area (Å²) in [6.45, 7) is 4.31. The highest BCUT2D eigenvalue weighted by Gasteiger charge is 2.30. The molecule has 102 valence electrons. The first-order valence-corrected chi connectivity index (χ1v) is 7.84. The van der Waals surface area contributed by atoms with Crippen LogP contribution in [0.2, 0.25) is 0 Å². The van der Waals surface area contributed by atoms with Crippen LogP contribution in [-0.2, 0) is 18.9 Å². The molecule has 0 fully saturated rings. The summed E-state index contributed by atoms with van der Waals surface area (Å²) < 4.78 is 2.01. The summed E-state index contributed by atoms with van der Waals surface area (Å²) in [5.41, 5.74) is 3.92. The van der Waals surface area contributed by atoms with E-state index >= 15 is 0 Å². The summed E-state index contributed by atoms with van der Waals surface area (Å²) >= 11 is 3.73. The number of aryl methyl sites for hydroxylation is 2. The van der Waals surface area contributed by atoms with Gasteiger partial charge in [0.1, 0.15) is 0 Å². The Morgan fingerprint density at radius 3 is 2.42 bits per heavy atom. The predicted octanol–water partition coefficient (Wildman–Crippen LogP) is 4.01. The number of halogens is 1. The summed E-state index contributed by atoms with van der Waals surface area (Å²) in [5, 5.41) is 5.42. The standard InChI is InChI=1S/C16H21BrN2/c1-4-16(12-17,14-8-6-5-7-9-14)11-15-10-13(2)18-19(15)3/h5-10H,4,11-12H2,1-3H3. The molecule has 0 amide bonds. The Morgan fingerprint density at radius 1 is 1.26 bits per heavy atom. The Hall–Kier alpha value is -1.09. The van der Waals surface area contributed by atoms with Crippen molar-refractivity contribution in [2.45, 2.75) is 32.1 Å². The fraction of sp³-hybridized carbons (Fsp3) is 0.438. The summed E-state index contributed by atoms with van der Waals surface area (Å²) in [6.07, 6.45) is 2.11. The first kappa shape index (κ1) is 14.3. The third-order valence-corrected chi connectivity index (χ3v) is 5.01. The zero-order valence-electron chi connectivity index (χ0n) is 11.9. The van der Waals surface area contributed by atoms with E-state index in [-0.39, 0.29) is 5.41 Å². The fourth-order valence-corrected chi connectivity index (χ4v) is 3.54. The molecule has 0 radical (unpaired) electrons. The van der Waals surface area contributed by atoms with E-state index in [1.54, 1.807) is 0 Å². The Labute approximate surface area is 124 Å². The van der Waals surface area contributed by atoms with Crippen molar-refractivity contribution < 1.29 is 0 Å². The van der Waals surface area contributed by atoms with Crippen molar-refractivity contribution in [3.63, 3.8) is 0 Å². The quantitative estimate of drug-likeness (QED) is 0.761. The van der Waals surface area contributed by atoms with Gasteiger partial charge in [0.15, 0.2) is 0 Å². The molecule has 0 N–H and O–H groups in total. The zero-order valence-corrected chi connectivity index (χ0v) is 13.4. The monoisotopic (exact) mass is 320 g/mol. The molecule has 0 aliphatic carbocycles. The minimum absolute atomic E-state index is 0.140. The molecule has 1 aromatic carbocycles. The lowest BCUT2D eigenvalue weighted by Crippen LogP contribution is -2.31. The average Bonchev–Trinajstić information content (AvgIpc) is 2.75. The van der Waals surface area contributed by atoms with Crippen molar-refractivity contribution in [3.8, 4) is 0 Å². The maximum Gasteiger partial charge on any atom is 0.0596 e. The molecule has 0 aliphatic heterocycles. The van der Waals surface area contributed by atoms with Gasteiger partial charge in [-0.25, -0.2) is 0 Å². The van der Waals surface area contributed by atoms with Gasteiger partial charge in [0.25, 0.3) is 0 Å². The van der Waals surface area contributed by atoms with Gasteiger partial charge in [0.05, 0.1) is 5.69 Å². The van der Waals surface area contributed by atoms with Crippen molar-refractivity contribution in [1.82, 2.24) is 9.78 Å². The van der Waals surface area contributed by atoms with Crippen LogP contribution < -0.4 is 0 Å². The molecule has 19 heavy (non-hydrogen) atoms. The second kappa shape index (κ2) is 5.91. The molecule has 1 heterocycles. The van der Waals surface area contributed by atoms with E-state index in [1.165, 1.54) is 11.3 Å². The van der Waals surface area contributed by atoms with Gasteiger partial charge >= 0.3 is 0 Å². The van der Waals surface area contributed by atoms with Crippen LogP contribution in [0.15, 0.2) is 36.4 Å². The topological polar surface area (TPSA) is 17.8 Å². The molecule has 3 heteroatoms. The first-order valence-electron chi connectivity index (χ1n) is 6.72. The molecule has 2 nitrogen and oxygen atoms in total. The lowest BCUT2D eigenvalue weighted by atomic mass is 9.76. The smallest absolute Gasteiger partial charge is 0.0596 e. The van der Waals surface area contributed by atoms with E-state index in [9.17, 15) is 0 Å². The second-order valence-corrected chi connectivity index (χ2v) is 5.77. The SMILES string of the molecule is CCC(CBr)(Cc1cc(C)nn1C)c1ccccc1. The minimum atomic E-state index is 0.140. The van der Waals surface area contributed by atoms with Gasteiger partial charge in [0, 0.05) is 23.5 Å². The number of alkyl halides is 1. The summed E-state index contributed by atoms with van der Waals surface area (Å²) in [4.78, 5) is 0. The second-order valence-electron chi connectivity index (χ2n) is 5.21. The first-order chi connectivity index (χ1) is 9.11. The number of benzene rings is 1. The van der Waals surface area contributed by atoms with Crippen LogP contribution >= 0.6 is 15.9 Å². The fourth-order valence-electron chi connectivity index (χ4n) is 2.62. The third kappa shape index (κ3) is 2.92. The molecule has 1 aromatic heterocycles. The van der Waals surface area contributed by atoms with E-state index in [0.29, 0.717) is 0 Å². The minimum Gasteiger partial charge on any atom is -0.272 e. The average molecular weight is 321 g/mol. The van der Waals surface area contributed by atoms with Gasteiger partial charge in [0.2, 0.25) is 0 Å². The van der Waals surface area contributed by atoms with Crippen LogP contribution in [0, 0.1) is 6.92 Å². The number of nitrogens with zero attached hydrogens (tertiary/aromatic N) is 2. The Kier molecular flexibility index (Phi) is 4.46. The maximum absolute atomic E-state index is 4.46. The maximum atomic E-state index is 4.46.